The predicted molar refractivity (Wildman–Crippen MR) is 87.2 cm³/mol. The quantitative estimate of drug-likeness (QED) is 0.847. The summed E-state index contributed by atoms with van der Waals surface area (Å²) >= 11 is 1.99. The maximum atomic E-state index is 12.5. The molecule has 1 heterocycles. The van der Waals surface area contributed by atoms with Crippen LogP contribution in [0.25, 0.3) is 0 Å². The minimum Gasteiger partial charge on any atom is -0.341 e. The zero-order valence-corrected chi connectivity index (χ0v) is 13.9. The fraction of sp³-hybridized carbons (Fsp3) is 0.938. The molecule has 0 bridgehead atoms. The third-order valence-corrected chi connectivity index (χ3v) is 6.38. The minimum absolute atomic E-state index is 0.0299. The van der Waals surface area contributed by atoms with Crippen LogP contribution < -0.4 is 5.32 Å². The maximum Gasteiger partial charge on any atom is 0.239 e. The summed E-state index contributed by atoms with van der Waals surface area (Å²) in [7, 11) is 0. The summed E-state index contributed by atoms with van der Waals surface area (Å²) in [6, 6.07) is -0.0299. The molecule has 1 atom stereocenters. The first-order valence-electron chi connectivity index (χ1n) is 8.24. The van der Waals surface area contributed by atoms with Gasteiger partial charge in [0.15, 0.2) is 0 Å². The van der Waals surface area contributed by atoms with E-state index in [0.717, 1.165) is 19.6 Å². The summed E-state index contributed by atoms with van der Waals surface area (Å²) in [5, 5.41) is 3.52. The van der Waals surface area contributed by atoms with Gasteiger partial charge in [0.2, 0.25) is 5.91 Å². The van der Waals surface area contributed by atoms with Crippen LogP contribution in [0.4, 0.5) is 0 Å². The Bertz CT molecular complexity index is 308. The van der Waals surface area contributed by atoms with Crippen LogP contribution in [0.3, 0.4) is 0 Å². The van der Waals surface area contributed by atoms with Crippen molar-refractivity contribution in [1.29, 1.82) is 0 Å². The number of likely N-dealkylation sites (tertiary alicyclic amines) is 1. The SMILES string of the molecule is CSC1(CNC(C)C(=O)N2CCCCCC2)CCCC1. The number of carbonyl (C=O) groups is 1. The molecule has 0 aromatic rings. The molecule has 2 fully saturated rings. The van der Waals surface area contributed by atoms with E-state index in [9.17, 15) is 4.79 Å². The fourth-order valence-corrected chi connectivity index (χ4v) is 4.39. The zero-order chi connectivity index (χ0) is 14.4. The molecule has 2 aliphatic rings. The van der Waals surface area contributed by atoms with Crippen molar-refractivity contribution in [2.75, 3.05) is 25.9 Å². The van der Waals surface area contributed by atoms with E-state index in [2.05, 4.69) is 16.5 Å². The molecule has 1 saturated heterocycles. The largest absolute Gasteiger partial charge is 0.341 e. The lowest BCUT2D eigenvalue weighted by Gasteiger charge is -2.30. The van der Waals surface area contributed by atoms with Gasteiger partial charge in [0.05, 0.1) is 6.04 Å². The summed E-state index contributed by atoms with van der Waals surface area (Å²) < 4.78 is 0.382. The second-order valence-corrected chi connectivity index (χ2v) is 7.71. The van der Waals surface area contributed by atoms with Crippen molar-refractivity contribution < 1.29 is 4.79 Å². The molecule has 1 aliphatic carbocycles. The van der Waals surface area contributed by atoms with E-state index in [-0.39, 0.29) is 6.04 Å². The third kappa shape index (κ3) is 4.14. The molecule has 1 amide bonds. The Balaban J connectivity index is 1.81. The number of thioether (sulfide) groups is 1. The smallest absolute Gasteiger partial charge is 0.239 e. The van der Waals surface area contributed by atoms with Crippen LogP contribution in [0.2, 0.25) is 0 Å². The first kappa shape index (κ1) is 16.2. The summed E-state index contributed by atoms with van der Waals surface area (Å²) in [6.45, 7) is 4.93. The van der Waals surface area contributed by atoms with Crippen LogP contribution in [-0.2, 0) is 4.79 Å². The molecule has 3 nitrogen and oxygen atoms in total. The van der Waals surface area contributed by atoms with Crippen LogP contribution in [-0.4, -0.2) is 47.5 Å². The van der Waals surface area contributed by atoms with Crippen molar-refractivity contribution in [2.24, 2.45) is 0 Å². The molecule has 4 heteroatoms. The third-order valence-electron chi connectivity index (χ3n) is 4.97. The Morgan fingerprint density at radius 3 is 2.30 bits per heavy atom. The molecule has 1 aliphatic heterocycles. The molecule has 1 N–H and O–H groups in total. The predicted octanol–water partition coefficient (Wildman–Crippen LogP) is 3.04. The van der Waals surface area contributed by atoms with Gasteiger partial charge < -0.3 is 10.2 Å². The standard InChI is InChI=1S/C16H30N2OS/c1-14(15(19)18-11-7-3-4-8-12-18)17-13-16(20-2)9-5-6-10-16/h14,17H,3-13H2,1-2H3. The van der Waals surface area contributed by atoms with Gasteiger partial charge in [0, 0.05) is 24.4 Å². The average Bonchev–Trinajstić information content (AvgIpc) is 2.78. The molecule has 1 saturated carbocycles. The average molecular weight is 298 g/mol. The Labute approximate surface area is 128 Å². The summed E-state index contributed by atoms with van der Waals surface area (Å²) in [5.74, 6) is 0.307. The van der Waals surface area contributed by atoms with Crippen molar-refractivity contribution in [2.45, 2.75) is 69.1 Å². The number of nitrogens with zero attached hydrogens (tertiary/aromatic N) is 1. The normalized spacial score (nSPS) is 24.4. The van der Waals surface area contributed by atoms with Gasteiger partial charge in [-0.05, 0) is 38.9 Å². The Hall–Kier alpha value is -0.220. The second kappa shape index (κ2) is 7.69. The van der Waals surface area contributed by atoms with Crippen LogP contribution in [0.1, 0.15) is 58.3 Å². The maximum absolute atomic E-state index is 12.5. The molecule has 0 aromatic heterocycles. The molecular weight excluding hydrogens is 268 g/mol. The highest BCUT2D eigenvalue weighted by Crippen LogP contribution is 2.39. The molecular formula is C16H30N2OS. The Kier molecular flexibility index (Phi) is 6.21. The summed E-state index contributed by atoms with van der Waals surface area (Å²) in [4.78, 5) is 14.6. The van der Waals surface area contributed by atoms with E-state index in [0.29, 0.717) is 10.7 Å². The van der Waals surface area contributed by atoms with Gasteiger partial charge in [-0.1, -0.05) is 25.7 Å². The molecule has 116 valence electrons. The van der Waals surface area contributed by atoms with Gasteiger partial charge in [-0.25, -0.2) is 0 Å². The molecule has 1 unspecified atom stereocenters. The molecule has 20 heavy (non-hydrogen) atoms. The van der Waals surface area contributed by atoms with E-state index >= 15 is 0 Å². The van der Waals surface area contributed by atoms with Gasteiger partial charge >= 0.3 is 0 Å². The van der Waals surface area contributed by atoms with Crippen LogP contribution in [0.15, 0.2) is 0 Å². The number of carbonyl (C=O) groups excluding carboxylic acids is 1. The van der Waals surface area contributed by atoms with E-state index in [1.807, 2.05) is 18.7 Å². The first-order valence-corrected chi connectivity index (χ1v) is 9.47. The topological polar surface area (TPSA) is 32.3 Å². The number of hydrogen-bond acceptors (Lipinski definition) is 3. The van der Waals surface area contributed by atoms with Crippen molar-refractivity contribution in [3.8, 4) is 0 Å². The van der Waals surface area contributed by atoms with Crippen molar-refractivity contribution >= 4 is 17.7 Å². The van der Waals surface area contributed by atoms with Crippen molar-refractivity contribution in [1.82, 2.24) is 10.2 Å². The minimum atomic E-state index is -0.0299. The van der Waals surface area contributed by atoms with Gasteiger partial charge in [0.25, 0.3) is 0 Å². The fourth-order valence-electron chi connectivity index (χ4n) is 3.46. The monoisotopic (exact) mass is 298 g/mol. The number of rotatable bonds is 5. The lowest BCUT2D eigenvalue weighted by Crippen LogP contribution is -2.48. The summed E-state index contributed by atoms with van der Waals surface area (Å²) in [6.07, 6.45) is 12.4. The van der Waals surface area contributed by atoms with E-state index < -0.39 is 0 Å². The Morgan fingerprint density at radius 1 is 1.15 bits per heavy atom. The van der Waals surface area contributed by atoms with Crippen molar-refractivity contribution in [3.05, 3.63) is 0 Å². The van der Waals surface area contributed by atoms with Crippen molar-refractivity contribution in [3.63, 3.8) is 0 Å². The van der Waals surface area contributed by atoms with E-state index in [1.165, 1.54) is 51.4 Å². The highest BCUT2D eigenvalue weighted by Gasteiger charge is 2.33. The zero-order valence-electron chi connectivity index (χ0n) is 13.1. The van der Waals surface area contributed by atoms with Crippen LogP contribution in [0, 0.1) is 0 Å². The van der Waals surface area contributed by atoms with Gasteiger partial charge in [-0.3, -0.25) is 4.79 Å². The van der Waals surface area contributed by atoms with Gasteiger partial charge in [-0.2, -0.15) is 11.8 Å². The van der Waals surface area contributed by atoms with E-state index in [4.69, 9.17) is 0 Å². The molecule has 0 spiro atoms. The van der Waals surface area contributed by atoms with E-state index in [1.54, 1.807) is 0 Å². The van der Waals surface area contributed by atoms with Crippen LogP contribution >= 0.6 is 11.8 Å². The highest BCUT2D eigenvalue weighted by molar-refractivity contribution is 8.00. The number of amides is 1. The molecule has 0 radical (unpaired) electrons. The highest BCUT2D eigenvalue weighted by atomic mass is 32.2. The van der Waals surface area contributed by atoms with Gasteiger partial charge in [-0.15, -0.1) is 0 Å². The second-order valence-electron chi connectivity index (χ2n) is 6.44. The lowest BCUT2D eigenvalue weighted by molar-refractivity contribution is -0.133. The number of nitrogens with one attached hydrogen (secondary N) is 1. The number of hydrogen-bond donors (Lipinski definition) is 1. The summed E-state index contributed by atoms with van der Waals surface area (Å²) in [5.41, 5.74) is 0. The lowest BCUT2D eigenvalue weighted by atomic mass is 10.1. The van der Waals surface area contributed by atoms with Crippen LogP contribution in [0.5, 0.6) is 0 Å². The molecule has 2 rings (SSSR count). The first-order chi connectivity index (χ1) is 9.67. The Morgan fingerprint density at radius 2 is 1.75 bits per heavy atom. The van der Waals surface area contributed by atoms with Gasteiger partial charge in [0.1, 0.15) is 0 Å². The molecule has 0 aromatic carbocycles.